The highest BCUT2D eigenvalue weighted by molar-refractivity contribution is 7.18. The van der Waals surface area contributed by atoms with E-state index < -0.39 is 36.6 Å². The van der Waals surface area contributed by atoms with Gasteiger partial charge in [0, 0.05) is 30.5 Å². The van der Waals surface area contributed by atoms with Crippen molar-refractivity contribution in [3.05, 3.63) is 45.6 Å². The highest BCUT2D eigenvalue weighted by Gasteiger charge is 2.43. The number of halogens is 4. The molecule has 2 heterocycles. The minimum atomic E-state index is -4.52. The van der Waals surface area contributed by atoms with Gasteiger partial charge in [-0.05, 0) is 49.2 Å². The first-order valence-electron chi connectivity index (χ1n) is 11.3. The molecule has 1 saturated heterocycles. The average molecular weight is 545 g/mol. The number of alkyl halides is 3. The number of ether oxygens (including phenoxy) is 1. The summed E-state index contributed by atoms with van der Waals surface area (Å²) in [4.78, 5) is 40.6. The molecule has 1 atom stereocenters. The van der Waals surface area contributed by atoms with Gasteiger partial charge in [-0.1, -0.05) is 11.6 Å². The third-order valence-corrected chi connectivity index (χ3v) is 7.00. The molecule has 1 aromatic heterocycles. The number of benzene rings is 1. The maximum absolute atomic E-state index is 13.3. The van der Waals surface area contributed by atoms with Crippen molar-refractivity contribution >= 4 is 52.0 Å². The number of amides is 3. The van der Waals surface area contributed by atoms with E-state index in [4.69, 9.17) is 16.3 Å². The number of anilines is 2. The Morgan fingerprint density at radius 2 is 1.92 bits per heavy atom. The fraction of sp³-hybridized carbons (Fsp3) is 0.435. The van der Waals surface area contributed by atoms with Gasteiger partial charge in [0.05, 0.1) is 22.4 Å². The highest BCUT2D eigenvalue weighted by Crippen LogP contribution is 2.32. The Morgan fingerprint density at radius 3 is 2.50 bits per heavy atom. The van der Waals surface area contributed by atoms with Gasteiger partial charge in [0.2, 0.25) is 5.91 Å². The van der Waals surface area contributed by atoms with Gasteiger partial charge in [-0.2, -0.15) is 13.2 Å². The van der Waals surface area contributed by atoms with Crippen LogP contribution in [0.15, 0.2) is 36.4 Å². The van der Waals surface area contributed by atoms with E-state index in [0.29, 0.717) is 46.6 Å². The van der Waals surface area contributed by atoms with Gasteiger partial charge in [0.25, 0.3) is 11.8 Å². The fourth-order valence-corrected chi connectivity index (χ4v) is 4.88. The van der Waals surface area contributed by atoms with Crippen molar-refractivity contribution in [1.82, 2.24) is 10.2 Å². The Morgan fingerprint density at radius 1 is 1.19 bits per heavy atom. The highest BCUT2D eigenvalue weighted by atomic mass is 35.5. The Hall–Kier alpha value is -2.67. The first-order chi connectivity index (χ1) is 17.1. The monoisotopic (exact) mass is 544 g/mol. The molecule has 2 fully saturated rings. The third-order valence-electron chi connectivity index (χ3n) is 5.77. The summed E-state index contributed by atoms with van der Waals surface area (Å²) in [5, 5.41) is 5.23. The standard InChI is InChI=1S/C23H24ClF3N4O4S/c24-19-8-7-18(36-19)22(34)28-11-17(31(16-5-6-16)13-23(25,26)27)21(33)29-14-1-3-15(4-2-14)30-9-10-35-12-20(30)32/h1-4,7-8,16-17H,5-6,9-13H2,(H,28,34)(H,29,33)/t17-/m0/s1. The van der Waals surface area contributed by atoms with Crippen LogP contribution in [0.25, 0.3) is 0 Å². The molecule has 3 amide bonds. The molecular weight excluding hydrogens is 521 g/mol. The van der Waals surface area contributed by atoms with E-state index in [1.165, 1.54) is 6.07 Å². The van der Waals surface area contributed by atoms with Crippen LogP contribution in [0.5, 0.6) is 0 Å². The van der Waals surface area contributed by atoms with E-state index in [0.717, 1.165) is 16.2 Å². The van der Waals surface area contributed by atoms with Crippen molar-refractivity contribution in [3.63, 3.8) is 0 Å². The van der Waals surface area contributed by atoms with E-state index in [9.17, 15) is 27.6 Å². The number of hydrogen-bond donors (Lipinski definition) is 2. The van der Waals surface area contributed by atoms with Gasteiger partial charge >= 0.3 is 6.18 Å². The molecule has 0 unspecified atom stereocenters. The average Bonchev–Trinajstić information content (AvgIpc) is 3.58. The molecule has 36 heavy (non-hydrogen) atoms. The number of hydrogen-bond acceptors (Lipinski definition) is 6. The van der Waals surface area contributed by atoms with Gasteiger partial charge < -0.3 is 20.3 Å². The van der Waals surface area contributed by atoms with E-state index in [1.807, 2.05) is 0 Å². The Balaban J connectivity index is 1.48. The molecule has 1 aliphatic heterocycles. The van der Waals surface area contributed by atoms with Crippen LogP contribution in [0.2, 0.25) is 4.34 Å². The van der Waals surface area contributed by atoms with E-state index >= 15 is 0 Å². The largest absolute Gasteiger partial charge is 0.401 e. The molecule has 194 valence electrons. The van der Waals surface area contributed by atoms with Crippen LogP contribution in [-0.4, -0.2) is 73.7 Å². The summed E-state index contributed by atoms with van der Waals surface area (Å²) in [6, 6.07) is 7.83. The normalized spacial score (nSPS) is 17.2. The van der Waals surface area contributed by atoms with E-state index in [1.54, 1.807) is 35.2 Å². The zero-order chi connectivity index (χ0) is 25.9. The van der Waals surface area contributed by atoms with Crippen LogP contribution >= 0.6 is 22.9 Å². The summed E-state index contributed by atoms with van der Waals surface area (Å²) in [6.45, 7) is -0.789. The number of carbonyl (C=O) groups excluding carboxylic acids is 3. The summed E-state index contributed by atoms with van der Waals surface area (Å²) in [6.07, 6.45) is -3.44. The predicted octanol–water partition coefficient (Wildman–Crippen LogP) is 3.53. The Labute approximate surface area is 214 Å². The van der Waals surface area contributed by atoms with E-state index in [-0.39, 0.29) is 19.1 Å². The van der Waals surface area contributed by atoms with Crippen molar-refractivity contribution in [2.45, 2.75) is 31.1 Å². The molecule has 0 spiro atoms. The summed E-state index contributed by atoms with van der Waals surface area (Å²) in [5.41, 5.74) is 0.977. The molecule has 0 radical (unpaired) electrons. The second kappa shape index (κ2) is 11.2. The summed E-state index contributed by atoms with van der Waals surface area (Å²) >= 11 is 6.89. The van der Waals surface area contributed by atoms with Gasteiger partial charge in [-0.3, -0.25) is 19.3 Å². The van der Waals surface area contributed by atoms with Crippen molar-refractivity contribution in [2.24, 2.45) is 0 Å². The Kier molecular flexibility index (Phi) is 8.18. The minimum absolute atomic E-state index is 0.0141. The topological polar surface area (TPSA) is 91.0 Å². The van der Waals surface area contributed by atoms with Crippen LogP contribution in [0, 0.1) is 0 Å². The SMILES string of the molecule is O=C(NC[C@@H](C(=O)Nc1ccc(N2CCOCC2=O)cc1)N(CC(F)(F)F)C1CC1)c1ccc(Cl)s1. The maximum Gasteiger partial charge on any atom is 0.401 e. The molecule has 2 aromatic rings. The number of nitrogens with zero attached hydrogens (tertiary/aromatic N) is 2. The molecule has 4 rings (SSSR count). The molecule has 13 heteroatoms. The first kappa shape index (κ1) is 26.4. The molecule has 1 aromatic carbocycles. The third kappa shape index (κ3) is 6.96. The van der Waals surface area contributed by atoms with Gasteiger partial charge in [-0.15, -0.1) is 11.3 Å². The lowest BCUT2D eigenvalue weighted by atomic mass is 10.2. The maximum atomic E-state index is 13.3. The predicted molar refractivity (Wildman–Crippen MR) is 129 cm³/mol. The first-order valence-corrected chi connectivity index (χ1v) is 12.5. The Bertz CT molecular complexity index is 1110. The minimum Gasteiger partial charge on any atom is -0.370 e. The van der Waals surface area contributed by atoms with Crippen molar-refractivity contribution in [3.8, 4) is 0 Å². The molecule has 0 bridgehead atoms. The van der Waals surface area contributed by atoms with Crippen molar-refractivity contribution in [1.29, 1.82) is 0 Å². The van der Waals surface area contributed by atoms with Crippen LogP contribution in [0.4, 0.5) is 24.5 Å². The van der Waals surface area contributed by atoms with Crippen molar-refractivity contribution in [2.75, 3.05) is 43.1 Å². The summed E-state index contributed by atoms with van der Waals surface area (Å²) in [5.74, 6) is -1.38. The molecular formula is C23H24ClF3N4O4S. The lowest BCUT2D eigenvalue weighted by molar-refractivity contribution is -0.155. The molecule has 8 nitrogen and oxygen atoms in total. The fourth-order valence-electron chi connectivity index (χ4n) is 3.92. The number of rotatable bonds is 9. The lowest BCUT2D eigenvalue weighted by Crippen LogP contribution is -2.54. The van der Waals surface area contributed by atoms with Crippen LogP contribution in [0.3, 0.4) is 0 Å². The quantitative estimate of drug-likeness (QED) is 0.504. The number of nitrogens with one attached hydrogen (secondary N) is 2. The van der Waals surface area contributed by atoms with Crippen LogP contribution in [-0.2, 0) is 14.3 Å². The van der Waals surface area contributed by atoms with Gasteiger partial charge in [0.1, 0.15) is 12.6 Å². The zero-order valence-corrected chi connectivity index (χ0v) is 20.6. The summed E-state index contributed by atoms with van der Waals surface area (Å²) < 4.78 is 45.6. The lowest BCUT2D eigenvalue weighted by Gasteiger charge is -2.31. The van der Waals surface area contributed by atoms with Crippen LogP contribution < -0.4 is 15.5 Å². The smallest absolute Gasteiger partial charge is 0.370 e. The molecule has 1 saturated carbocycles. The molecule has 1 aliphatic carbocycles. The second-order valence-electron chi connectivity index (χ2n) is 8.48. The zero-order valence-electron chi connectivity index (χ0n) is 19.0. The molecule has 2 N–H and O–H groups in total. The van der Waals surface area contributed by atoms with Gasteiger partial charge in [-0.25, -0.2) is 0 Å². The van der Waals surface area contributed by atoms with E-state index in [2.05, 4.69) is 10.6 Å². The second-order valence-corrected chi connectivity index (χ2v) is 10.2. The molecule has 2 aliphatic rings. The summed E-state index contributed by atoms with van der Waals surface area (Å²) in [7, 11) is 0. The van der Waals surface area contributed by atoms with Gasteiger partial charge in [0.15, 0.2) is 0 Å². The number of morpholine rings is 1. The van der Waals surface area contributed by atoms with Crippen molar-refractivity contribution < 1.29 is 32.3 Å². The van der Waals surface area contributed by atoms with Crippen LogP contribution in [0.1, 0.15) is 22.5 Å². The number of carbonyl (C=O) groups is 3. The number of thiophene rings is 1.